The molecule has 1 heterocycles. The molecule has 0 saturated heterocycles. The van der Waals surface area contributed by atoms with E-state index in [4.69, 9.17) is 23.8 Å². The van der Waals surface area contributed by atoms with Gasteiger partial charge in [-0.25, -0.2) is 4.68 Å². The van der Waals surface area contributed by atoms with Crippen LogP contribution >= 0.6 is 23.8 Å². The average Bonchev–Trinajstić information content (AvgIpc) is 2.64. The maximum absolute atomic E-state index is 6.09. The zero-order valence-corrected chi connectivity index (χ0v) is 9.59. The molecule has 0 aliphatic carbocycles. The smallest absolute Gasteiger partial charge is 0.235 e. The lowest BCUT2D eigenvalue weighted by atomic mass is 10.1. The summed E-state index contributed by atoms with van der Waals surface area (Å²) in [5.41, 5.74) is 0.987. The lowest BCUT2D eigenvalue weighted by molar-refractivity contribution is 0.537. The highest BCUT2D eigenvalue weighted by Gasteiger charge is 2.12. The summed E-state index contributed by atoms with van der Waals surface area (Å²) in [6.45, 7) is 1.98. The predicted octanol–water partition coefficient (Wildman–Crippen LogP) is 2.60. The van der Waals surface area contributed by atoms with E-state index in [2.05, 4.69) is 15.5 Å². The largest absolute Gasteiger partial charge is 0.238 e. The molecule has 1 atom stereocenters. The Labute approximate surface area is 96.9 Å². The van der Waals surface area contributed by atoms with Crippen molar-refractivity contribution in [2.75, 3.05) is 0 Å². The van der Waals surface area contributed by atoms with Gasteiger partial charge in [0.15, 0.2) is 0 Å². The van der Waals surface area contributed by atoms with Gasteiger partial charge in [-0.05, 0) is 30.8 Å². The second-order valence-corrected chi connectivity index (χ2v) is 3.92. The first kappa shape index (κ1) is 10.3. The van der Waals surface area contributed by atoms with Crippen molar-refractivity contribution in [1.82, 2.24) is 20.2 Å². The van der Waals surface area contributed by atoms with E-state index in [0.29, 0.717) is 9.79 Å². The third-order valence-electron chi connectivity index (χ3n) is 2.24. The molecule has 0 saturated carbocycles. The Bertz CT molecular complexity index is 519. The van der Waals surface area contributed by atoms with E-state index in [1.165, 1.54) is 0 Å². The summed E-state index contributed by atoms with van der Waals surface area (Å²) in [6.07, 6.45) is 0. The van der Waals surface area contributed by atoms with E-state index in [1.807, 2.05) is 31.2 Å². The molecule has 1 N–H and O–H groups in total. The van der Waals surface area contributed by atoms with Crippen LogP contribution in [-0.2, 0) is 0 Å². The normalized spacial score (nSPS) is 12.7. The fraction of sp³-hybridized carbons (Fsp3) is 0.222. The number of tetrazole rings is 1. The van der Waals surface area contributed by atoms with Crippen LogP contribution in [0.4, 0.5) is 0 Å². The Morgan fingerprint density at radius 1 is 1.47 bits per heavy atom. The van der Waals surface area contributed by atoms with E-state index in [-0.39, 0.29) is 6.04 Å². The van der Waals surface area contributed by atoms with Crippen LogP contribution in [0.2, 0.25) is 5.02 Å². The monoisotopic (exact) mass is 240 g/mol. The topological polar surface area (TPSA) is 46.5 Å². The van der Waals surface area contributed by atoms with Gasteiger partial charge in [0.05, 0.1) is 6.04 Å². The zero-order valence-electron chi connectivity index (χ0n) is 8.01. The van der Waals surface area contributed by atoms with Gasteiger partial charge >= 0.3 is 0 Å². The molecule has 1 aromatic carbocycles. The van der Waals surface area contributed by atoms with Crippen molar-refractivity contribution in [2.24, 2.45) is 0 Å². The van der Waals surface area contributed by atoms with Gasteiger partial charge in [-0.3, -0.25) is 0 Å². The van der Waals surface area contributed by atoms with Crippen molar-refractivity contribution < 1.29 is 0 Å². The Morgan fingerprint density at radius 3 is 2.80 bits per heavy atom. The number of aromatic amines is 1. The number of benzene rings is 1. The van der Waals surface area contributed by atoms with Gasteiger partial charge in [0, 0.05) is 5.02 Å². The molecular formula is C9H9ClN4S. The number of nitrogens with zero attached hydrogens (tertiary/aromatic N) is 3. The molecule has 4 nitrogen and oxygen atoms in total. The van der Waals surface area contributed by atoms with Crippen molar-refractivity contribution >= 4 is 23.8 Å². The van der Waals surface area contributed by atoms with Gasteiger partial charge in [-0.15, -0.1) is 0 Å². The minimum Gasteiger partial charge on any atom is -0.235 e. The SMILES string of the molecule is CC(c1ccccc1Cl)n1[nH]nnc1=S. The van der Waals surface area contributed by atoms with Crippen molar-refractivity contribution in [3.63, 3.8) is 0 Å². The predicted molar refractivity (Wildman–Crippen MR) is 60.5 cm³/mol. The van der Waals surface area contributed by atoms with Crippen molar-refractivity contribution in [1.29, 1.82) is 0 Å². The van der Waals surface area contributed by atoms with Crippen LogP contribution in [-0.4, -0.2) is 20.2 Å². The summed E-state index contributed by atoms with van der Waals surface area (Å²) in [4.78, 5) is 0. The number of aromatic nitrogens is 4. The van der Waals surface area contributed by atoms with Gasteiger partial charge in [-0.1, -0.05) is 40.1 Å². The number of halogens is 1. The maximum Gasteiger partial charge on any atom is 0.238 e. The molecule has 0 spiro atoms. The molecule has 2 aromatic rings. The quantitative estimate of drug-likeness (QED) is 0.821. The molecule has 0 fully saturated rings. The van der Waals surface area contributed by atoms with Crippen LogP contribution < -0.4 is 0 Å². The lowest BCUT2D eigenvalue weighted by Crippen LogP contribution is -2.09. The molecule has 0 bridgehead atoms. The number of H-pyrrole nitrogens is 1. The number of nitrogens with one attached hydrogen (secondary N) is 1. The van der Waals surface area contributed by atoms with E-state index >= 15 is 0 Å². The molecule has 0 aliphatic rings. The highest BCUT2D eigenvalue weighted by molar-refractivity contribution is 7.71. The number of hydrogen-bond acceptors (Lipinski definition) is 3. The summed E-state index contributed by atoms with van der Waals surface area (Å²) in [6, 6.07) is 7.63. The van der Waals surface area contributed by atoms with Crippen molar-refractivity contribution in [3.05, 3.63) is 39.6 Å². The Balaban J connectivity index is 2.45. The fourth-order valence-electron chi connectivity index (χ4n) is 1.41. The molecule has 6 heteroatoms. The maximum atomic E-state index is 6.09. The standard InChI is InChI=1S/C9H9ClN4S/c1-6(14-9(15)11-12-13-14)7-4-2-3-5-8(7)10/h2-6H,1H3,(H,11,13,15). The summed E-state index contributed by atoms with van der Waals surface area (Å²) in [5.74, 6) is 0. The highest BCUT2D eigenvalue weighted by Crippen LogP contribution is 2.24. The third-order valence-corrected chi connectivity index (χ3v) is 2.86. The van der Waals surface area contributed by atoms with Crippen LogP contribution in [0.15, 0.2) is 24.3 Å². The Kier molecular flexibility index (Phi) is 2.83. The van der Waals surface area contributed by atoms with Gasteiger partial charge in [0.25, 0.3) is 0 Å². The van der Waals surface area contributed by atoms with Crippen molar-refractivity contribution in [2.45, 2.75) is 13.0 Å². The second kappa shape index (κ2) is 4.12. The average molecular weight is 241 g/mol. The first-order chi connectivity index (χ1) is 7.20. The minimum atomic E-state index is 0.00111. The van der Waals surface area contributed by atoms with Gasteiger partial charge in [0.2, 0.25) is 4.77 Å². The Hall–Kier alpha value is -1.20. The van der Waals surface area contributed by atoms with Gasteiger partial charge in [-0.2, -0.15) is 5.21 Å². The molecule has 0 aliphatic heterocycles. The third kappa shape index (κ3) is 1.93. The molecule has 2 rings (SSSR count). The molecule has 1 unspecified atom stereocenters. The van der Waals surface area contributed by atoms with Crippen LogP contribution in [0.5, 0.6) is 0 Å². The van der Waals surface area contributed by atoms with E-state index in [0.717, 1.165) is 5.56 Å². The number of rotatable bonds is 2. The van der Waals surface area contributed by atoms with Gasteiger partial charge < -0.3 is 0 Å². The minimum absolute atomic E-state index is 0.00111. The summed E-state index contributed by atoms with van der Waals surface area (Å²) >= 11 is 11.1. The molecule has 1 aromatic heterocycles. The second-order valence-electron chi connectivity index (χ2n) is 3.15. The van der Waals surface area contributed by atoms with E-state index in [9.17, 15) is 0 Å². The lowest BCUT2D eigenvalue weighted by Gasteiger charge is -2.13. The van der Waals surface area contributed by atoms with Crippen LogP contribution in [0.3, 0.4) is 0 Å². The molecule has 0 amide bonds. The molecule has 0 radical (unpaired) electrons. The summed E-state index contributed by atoms with van der Waals surface area (Å²) < 4.78 is 2.11. The summed E-state index contributed by atoms with van der Waals surface area (Å²) in [5, 5.41) is 10.8. The highest BCUT2D eigenvalue weighted by atomic mass is 35.5. The van der Waals surface area contributed by atoms with Crippen LogP contribution in [0.1, 0.15) is 18.5 Å². The number of hydrogen-bond donors (Lipinski definition) is 1. The Morgan fingerprint density at radius 2 is 2.20 bits per heavy atom. The van der Waals surface area contributed by atoms with Crippen LogP contribution in [0.25, 0.3) is 0 Å². The zero-order chi connectivity index (χ0) is 10.8. The first-order valence-corrected chi connectivity index (χ1v) is 5.23. The summed E-state index contributed by atoms with van der Waals surface area (Å²) in [7, 11) is 0. The molecule has 78 valence electrons. The molecular weight excluding hydrogens is 232 g/mol. The van der Waals surface area contributed by atoms with E-state index < -0.39 is 0 Å². The molecule has 15 heavy (non-hydrogen) atoms. The van der Waals surface area contributed by atoms with E-state index in [1.54, 1.807) is 4.68 Å². The fourth-order valence-corrected chi connectivity index (χ4v) is 1.94. The van der Waals surface area contributed by atoms with Gasteiger partial charge in [0.1, 0.15) is 0 Å². The van der Waals surface area contributed by atoms with Crippen LogP contribution in [0, 0.1) is 4.77 Å². The van der Waals surface area contributed by atoms with Crippen molar-refractivity contribution in [3.8, 4) is 0 Å². The first-order valence-electron chi connectivity index (χ1n) is 4.44.